The van der Waals surface area contributed by atoms with Crippen molar-refractivity contribution in [3.8, 4) is 0 Å². The van der Waals surface area contributed by atoms with Crippen LogP contribution < -0.4 is 0 Å². The number of halogens is 1. The highest BCUT2D eigenvalue weighted by atomic mass is 35.5. The number of hydrogen-bond donors (Lipinski definition) is 1. The highest BCUT2D eigenvalue weighted by Gasteiger charge is 2.33. The maximum Gasteiger partial charge on any atom is 0.407 e. The minimum absolute atomic E-state index is 0.109. The summed E-state index contributed by atoms with van der Waals surface area (Å²) in [6, 6.07) is 10.1. The van der Waals surface area contributed by atoms with Crippen molar-refractivity contribution in [2.45, 2.75) is 45.1 Å². The van der Waals surface area contributed by atoms with Crippen LogP contribution in [0.25, 0.3) is 5.57 Å². The summed E-state index contributed by atoms with van der Waals surface area (Å²) in [6.07, 6.45) is 5.31. The van der Waals surface area contributed by atoms with E-state index >= 15 is 0 Å². The van der Waals surface area contributed by atoms with E-state index < -0.39 is 6.09 Å². The lowest BCUT2D eigenvalue weighted by molar-refractivity contribution is 0.122. The van der Waals surface area contributed by atoms with E-state index in [9.17, 15) is 9.90 Å². The first-order valence-electron chi connectivity index (χ1n) is 9.55. The van der Waals surface area contributed by atoms with Gasteiger partial charge in [0.05, 0.1) is 11.7 Å². The highest BCUT2D eigenvalue weighted by molar-refractivity contribution is 6.30. The molecule has 4 nitrogen and oxygen atoms in total. The van der Waals surface area contributed by atoms with Crippen LogP contribution in [0.5, 0.6) is 0 Å². The van der Waals surface area contributed by atoms with E-state index in [1.165, 1.54) is 16.7 Å². The van der Waals surface area contributed by atoms with Crippen LogP contribution in [0.1, 0.15) is 48.6 Å². The number of likely N-dealkylation sites (tertiary alicyclic amines) is 1. The van der Waals surface area contributed by atoms with Crippen LogP contribution >= 0.6 is 11.6 Å². The Labute approximate surface area is 164 Å². The molecule has 0 spiro atoms. The van der Waals surface area contributed by atoms with E-state index in [1.807, 2.05) is 24.4 Å². The summed E-state index contributed by atoms with van der Waals surface area (Å²) in [6.45, 7) is 2.65. The Morgan fingerprint density at radius 2 is 2.07 bits per heavy atom. The second kappa shape index (κ2) is 7.35. The number of nitrogens with zero attached hydrogens (tertiary/aromatic N) is 2. The number of carbonyl (C=O) groups is 1. The van der Waals surface area contributed by atoms with Crippen molar-refractivity contribution in [3.63, 3.8) is 0 Å². The number of carboxylic acid groups (broad SMARTS) is 1. The zero-order valence-electron chi connectivity index (χ0n) is 15.4. The molecular formula is C22H23ClN2O2. The fourth-order valence-electron chi connectivity index (χ4n) is 4.54. The molecule has 1 aliphatic heterocycles. The molecular weight excluding hydrogens is 360 g/mol. The molecule has 1 saturated heterocycles. The molecule has 0 radical (unpaired) electrons. The molecule has 1 fully saturated rings. The second-order valence-electron chi connectivity index (χ2n) is 7.22. The maximum atomic E-state index is 11.8. The molecule has 2 heterocycles. The number of pyridine rings is 1. The highest BCUT2D eigenvalue weighted by Crippen LogP contribution is 2.40. The van der Waals surface area contributed by atoms with E-state index in [-0.39, 0.29) is 6.04 Å². The van der Waals surface area contributed by atoms with Gasteiger partial charge in [-0.25, -0.2) is 4.79 Å². The summed E-state index contributed by atoms with van der Waals surface area (Å²) < 4.78 is 0. The van der Waals surface area contributed by atoms with Gasteiger partial charge in [-0.2, -0.15) is 0 Å². The largest absolute Gasteiger partial charge is 0.465 e. The van der Waals surface area contributed by atoms with Gasteiger partial charge in [0.15, 0.2) is 0 Å². The third-order valence-electron chi connectivity index (χ3n) is 5.71. The lowest BCUT2D eigenvalue weighted by atomic mass is 9.84. The molecule has 1 aromatic carbocycles. The van der Waals surface area contributed by atoms with Crippen molar-refractivity contribution in [2.24, 2.45) is 0 Å². The van der Waals surface area contributed by atoms with Gasteiger partial charge in [0.2, 0.25) is 0 Å². The molecule has 1 N–H and O–H groups in total. The topological polar surface area (TPSA) is 53.4 Å². The fraction of sp³-hybridized carbons (Fsp3) is 0.364. The van der Waals surface area contributed by atoms with Crippen molar-refractivity contribution in [3.05, 3.63) is 69.5 Å². The number of hydrogen-bond acceptors (Lipinski definition) is 2. The average molecular weight is 383 g/mol. The van der Waals surface area contributed by atoms with Gasteiger partial charge in [0.25, 0.3) is 0 Å². The van der Waals surface area contributed by atoms with Gasteiger partial charge >= 0.3 is 6.09 Å². The van der Waals surface area contributed by atoms with Gasteiger partial charge in [-0.05, 0) is 72.6 Å². The van der Waals surface area contributed by atoms with Crippen LogP contribution in [0.4, 0.5) is 4.79 Å². The quantitative estimate of drug-likeness (QED) is 0.738. The van der Waals surface area contributed by atoms with Gasteiger partial charge in [-0.3, -0.25) is 4.98 Å². The third kappa shape index (κ3) is 3.23. The van der Waals surface area contributed by atoms with Crippen LogP contribution in [0.3, 0.4) is 0 Å². The summed E-state index contributed by atoms with van der Waals surface area (Å²) in [4.78, 5) is 18.2. The number of rotatable bonds is 1. The number of fused-ring (bicyclic) bond motifs is 2. The molecule has 1 atom stereocenters. The first kappa shape index (κ1) is 18.1. The summed E-state index contributed by atoms with van der Waals surface area (Å²) in [5.74, 6) is 0. The Kier molecular flexibility index (Phi) is 4.92. The summed E-state index contributed by atoms with van der Waals surface area (Å²) in [5.41, 5.74) is 6.89. The summed E-state index contributed by atoms with van der Waals surface area (Å²) in [5, 5.41) is 10.4. The third-order valence-corrected chi connectivity index (χ3v) is 5.94. The lowest BCUT2D eigenvalue weighted by Gasteiger charge is -2.37. The molecule has 1 aromatic heterocycles. The van der Waals surface area contributed by atoms with E-state index in [0.29, 0.717) is 6.54 Å². The molecule has 1 amide bonds. The molecule has 1 unspecified atom stereocenters. The van der Waals surface area contributed by atoms with Crippen LogP contribution in [-0.2, 0) is 12.8 Å². The Hall–Kier alpha value is -2.33. The van der Waals surface area contributed by atoms with Gasteiger partial charge in [-0.1, -0.05) is 30.7 Å². The van der Waals surface area contributed by atoms with Crippen molar-refractivity contribution in [1.29, 1.82) is 0 Å². The molecule has 0 saturated carbocycles. The minimum Gasteiger partial charge on any atom is -0.465 e. The summed E-state index contributed by atoms with van der Waals surface area (Å²) >= 11 is 6.28. The van der Waals surface area contributed by atoms with Crippen LogP contribution in [0.15, 0.2) is 42.1 Å². The molecule has 2 aromatic rings. The first-order chi connectivity index (χ1) is 13.1. The van der Waals surface area contributed by atoms with Crippen molar-refractivity contribution in [2.75, 3.05) is 6.54 Å². The fourth-order valence-corrected chi connectivity index (χ4v) is 4.73. The van der Waals surface area contributed by atoms with E-state index in [1.54, 1.807) is 4.90 Å². The molecule has 2 aliphatic rings. The molecule has 4 rings (SSSR count). The predicted molar refractivity (Wildman–Crippen MR) is 107 cm³/mol. The molecule has 1 aliphatic carbocycles. The predicted octanol–water partition coefficient (Wildman–Crippen LogP) is 5.19. The van der Waals surface area contributed by atoms with Crippen LogP contribution in [0.2, 0.25) is 5.02 Å². The van der Waals surface area contributed by atoms with E-state index in [0.717, 1.165) is 54.0 Å². The van der Waals surface area contributed by atoms with E-state index in [2.05, 4.69) is 19.1 Å². The van der Waals surface area contributed by atoms with Crippen LogP contribution in [-0.4, -0.2) is 33.7 Å². The van der Waals surface area contributed by atoms with Crippen molar-refractivity contribution >= 4 is 23.3 Å². The zero-order chi connectivity index (χ0) is 19.0. The number of amides is 1. The maximum absolute atomic E-state index is 11.8. The molecule has 0 bridgehead atoms. The van der Waals surface area contributed by atoms with Crippen LogP contribution in [0, 0.1) is 0 Å². The van der Waals surface area contributed by atoms with Crippen molar-refractivity contribution in [1.82, 2.24) is 9.88 Å². The number of aryl methyl sites for hydroxylation is 2. The SMILES string of the molecule is CCC1/C(=C2/c3ccc(Cl)cc3CCc3cccnc32)CCCN1C(=O)O. The Bertz CT molecular complexity index is 922. The monoisotopic (exact) mass is 382 g/mol. The molecule has 27 heavy (non-hydrogen) atoms. The Morgan fingerprint density at radius 3 is 2.85 bits per heavy atom. The van der Waals surface area contributed by atoms with E-state index in [4.69, 9.17) is 16.6 Å². The second-order valence-corrected chi connectivity index (χ2v) is 7.65. The Morgan fingerprint density at radius 1 is 1.26 bits per heavy atom. The standard InChI is InChI=1S/C22H23ClN2O2/c1-2-19-18(6-4-12-25(19)22(26)27)20-17-10-9-16(23)13-15(17)8-7-14-5-3-11-24-21(14)20/h3,5,9-11,13,19H,2,4,6-8,12H2,1H3,(H,26,27)/b20-18-. The molecule has 5 heteroatoms. The minimum atomic E-state index is -0.842. The summed E-state index contributed by atoms with van der Waals surface area (Å²) in [7, 11) is 0. The molecule has 140 valence electrons. The number of benzene rings is 1. The van der Waals surface area contributed by atoms with Gasteiger partial charge in [0, 0.05) is 23.3 Å². The van der Waals surface area contributed by atoms with Gasteiger partial charge in [-0.15, -0.1) is 0 Å². The van der Waals surface area contributed by atoms with Gasteiger partial charge < -0.3 is 10.0 Å². The normalized spacial score (nSPS) is 22.0. The number of piperidine rings is 1. The van der Waals surface area contributed by atoms with Gasteiger partial charge in [0.1, 0.15) is 0 Å². The lowest BCUT2D eigenvalue weighted by Crippen LogP contribution is -2.44. The zero-order valence-corrected chi connectivity index (χ0v) is 16.2. The smallest absolute Gasteiger partial charge is 0.407 e. The average Bonchev–Trinajstić information content (AvgIpc) is 2.83. The Balaban J connectivity index is 2.00. The number of aromatic nitrogens is 1. The van der Waals surface area contributed by atoms with Crippen molar-refractivity contribution < 1.29 is 9.90 Å². The first-order valence-corrected chi connectivity index (χ1v) is 9.93.